The van der Waals surface area contributed by atoms with Gasteiger partial charge in [0.1, 0.15) is 18.0 Å². The molecule has 1 aliphatic rings. The molecular weight excluding hydrogens is 440 g/mol. The Morgan fingerprint density at radius 3 is 2.31 bits per heavy atom. The van der Waals surface area contributed by atoms with Gasteiger partial charge >= 0.3 is 5.97 Å². The number of aryl methyl sites for hydroxylation is 3. The number of rotatable bonds is 12. The van der Waals surface area contributed by atoms with Crippen molar-refractivity contribution in [2.45, 2.75) is 58.5 Å². The van der Waals surface area contributed by atoms with Crippen LogP contribution in [0, 0.1) is 0 Å². The second-order valence-corrected chi connectivity index (χ2v) is 10.2. The Morgan fingerprint density at radius 2 is 1.63 bits per heavy atom. The van der Waals surface area contributed by atoms with Gasteiger partial charge in [-0.2, -0.15) is 0 Å². The lowest BCUT2D eigenvalue weighted by Crippen LogP contribution is -2.38. The van der Waals surface area contributed by atoms with E-state index in [-0.39, 0.29) is 5.97 Å². The summed E-state index contributed by atoms with van der Waals surface area (Å²) in [5.41, 5.74) is 10.2. The molecule has 35 heavy (non-hydrogen) atoms. The van der Waals surface area contributed by atoms with Crippen LogP contribution in [0.25, 0.3) is 0 Å². The zero-order valence-electron chi connectivity index (χ0n) is 21.7. The molecule has 192 valence electrons. The SMILES string of the molecule is CC(C)(C)OC(=O)CCc1cc(CCN)cc(CCc2ccccc2OCCN2CCOCC2)c1. The lowest BCUT2D eigenvalue weighted by molar-refractivity contribution is -0.154. The van der Waals surface area contributed by atoms with Crippen LogP contribution in [0.3, 0.4) is 0 Å². The number of ether oxygens (including phenoxy) is 3. The third kappa shape index (κ3) is 10.0. The average Bonchev–Trinajstić information content (AvgIpc) is 2.82. The third-order valence-corrected chi connectivity index (χ3v) is 6.01. The van der Waals surface area contributed by atoms with Gasteiger partial charge in [-0.1, -0.05) is 36.4 Å². The standard InChI is InChI=1S/C29H42N2O4/c1-29(2,3)35-28(32)11-9-24-20-23(21-25(22-24)12-13-30)8-10-26-6-4-5-7-27(26)34-19-16-31-14-17-33-18-15-31/h4-7,20-22H,8-19,30H2,1-3H3. The number of carbonyl (C=O) groups is 1. The van der Waals surface area contributed by atoms with Crippen molar-refractivity contribution in [2.24, 2.45) is 5.73 Å². The van der Waals surface area contributed by atoms with E-state index in [1.807, 2.05) is 26.8 Å². The van der Waals surface area contributed by atoms with Crippen molar-refractivity contribution in [2.75, 3.05) is 46.0 Å². The van der Waals surface area contributed by atoms with Crippen molar-refractivity contribution in [1.82, 2.24) is 4.90 Å². The molecule has 0 unspecified atom stereocenters. The van der Waals surface area contributed by atoms with E-state index in [0.717, 1.165) is 63.4 Å². The molecule has 2 aromatic carbocycles. The van der Waals surface area contributed by atoms with Gasteiger partial charge in [0, 0.05) is 26.1 Å². The molecule has 0 spiro atoms. The zero-order valence-corrected chi connectivity index (χ0v) is 21.7. The first-order chi connectivity index (χ1) is 16.8. The van der Waals surface area contributed by atoms with E-state index >= 15 is 0 Å². The molecule has 1 fully saturated rings. The second-order valence-electron chi connectivity index (χ2n) is 10.2. The molecule has 6 nitrogen and oxygen atoms in total. The molecule has 3 rings (SSSR count). The predicted molar refractivity (Wildman–Crippen MR) is 140 cm³/mol. The molecule has 0 atom stereocenters. The van der Waals surface area contributed by atoms with E-state index in [9.17, 15) is 4.79 Å². The van der Waals surface area contributed by atoms with Crippen LogP contribution in [0.1, 0.15) is 49.4 Å². The fraction of sp³-hybridized carbons (Fsp3) is 0.552. The molecule has 0 bridgehead atoms. The van der Waals surface area contributed by atoms with Crippen LogP contribution in [0.15, 0.2) is 42.5 Å². The smallest absolute Gasteiger partial charge is 0.306 e. The molecule has 2 N–H and O–H groups in total. The lowest BCUT2D eigenvalue weighted by atomic mass is 9.96. The molecule has 1 saturated heterocycles. The van der Waals surface area contributed by atoms with Gasteiger partial charge in [0.15, 0.2) is 0 Å². The normalized spacial score (nSPS) is 14.6. The minimum absolute atomic E-state index is 0.161. The quantitative estimate of drug-likeness (QED) is 0.462. The Kier molecular flexibility index (Phi) is 10.6. The molecule has 0 saturated carbocycles. The zero-order chi connectivity index (χ0) is 25.1. The second kappa shape index (κ2) is 13.6. The first-order valence-corrected chi connectivity index (χ1v) is 12.9. The highest BCUT2D eigenvalue weighted by atomic mass is 16.6. The number of morpholine rings is 1. The third-order valence-electron chi connectivity index (χ3n) is 6.01. The summed E-state index contributed by atoms with van der Waals surface area (Å²) in [6.45, 7) is 11.4. The van der Waals surface area contributed by atoms with E-state index in [2.05, 4.69) is 41.3 Å². The molecular formula is C29H42N2O4. The van der Waals surface area contributed by atoms with Crippen molar-refractivity contribution in [1.29, 1.82) is 0 Å². The molecule has 1 heterocycles. The Morgan fingerprint density at radius 1 is 0.971 bits per heavy atom. The Labute approximate surface area is 210 Å². The first kappa shape index (κ1) is 27.2. The average molecular weight is 483 g/mol. The summed E-state index contributed by atoms with van der Waals surface area (Å²) < 4.78 is 17.1. The van der Waals surface area contributed by atoms with Gasteiger partial charge in [-0.3, -0.25) is 9.69 Å². The van der Waals surface area contributed by atoms with Crippen LogP contribution < -0.4 is 10.5 Å². The molecule has 0 aliphatic carbocycles. The van der Waals surface area contributed by atoms with Crippen molar-refractivity contribution >= 4 is 5.97 Å². The number of carbonyl (C=O) groups excluding carboxylic acids is 1. The van der Waals surface area contributed by atoms with Crippen LogP contribution >= 0.6 is 0 Å². The number of hydrogen-bond donors (Lipinski definition) is 1. The molecule has 0 radical (unpaired) electrons. The van der Waals surface area contributed by atoms with E-state index in [1.54, 1.807) is 0 Å². The van der Waals surface area contributed by atoms with Gasteiger partial charge in [-0.25, -0.2) is 0 Å². The van der Waals surface area contributed by atoms with E-state index in [1.165, 1.54) is 16.7 Å². The summed E-state index contributed by atoms with van der Waals surface area (Å²) in [6.07, 6.45) is 3.67. The van der Waals surface area contributed by atoms with Gasteiger partial charge in [0.05, 0.1) is 13.2 Å². The molecule has 0 aromatic heterocycles. The minimum atomic E-state index is -0.457. The fourth-order valence-electron chi connectivity index (χ4n) is 4.32. The van der Waals surface area contributed by atoms with Gasteiger partial charge in [-0.05, 0) is 81.3 Å². The summed E-state index contributed by atoms with van der Waals surface area (Å²) in [5, 5.41) is 0. The van der Waals surface area contributed by atoms with Crippen LogP contribution in [0.2, 0.25) is 0 Å². The molecule has 1 aliphatic heterocycles. The topological polar surface area (TPSA) is 74.0 Å². The van der Waals surface area contributed by atoms with Crippen LogP contribution in [-0.2, 0) is 40.0 Å². The highest BCUT2D eigenvalue weighted by Gasteiger charge is 2.16. The lowest BCUT2D eigenvalue weighted by Gasteiger charge is -2.26. The Bertz CT molecular complexity index is 933. The maximum absolute atomic E-state index is 12.2. The fourth-order valence-corrected chi connectivity index (χ4v) is 4.32. The van der Waals surface area contributed by atoms with E-state index < -0.39 is 5.60 Å². The maximum Gasteiger partial charge on any atom is 0.306 e. The van der Waals surface area contributed by atoms with Crippen molar-refractivity contribution in [3.05, 3.63) is 64.7 Å². The number of hydrogen-bond acceptors (Lipinski definition) is 6. The highest BCUT2D eigenvalue weighted by molar-refractivity contribution is 5.70. The minimum Gasteiger partial charge on any atom is -0.492 e. The van der Waals surface area contributed by atoms with E-state index in [0.29, 0.717) is 26.0 Å². The summed E-state index contributed by atoms with van der Waals surface area (Å²) in [7, 11) is 0. The van der Waals surface area contributed by atoms with Crippen LogP contribution in [0.5, 0.6) is 5.75 Å². The predicted octanol–water partition coefficient (Wildman–Crippen LogP) is 3.96. The van der Waals surface area contributed by atoms with Crippen LogP contribution in [-0.4, -0.2) is 62.5 Å². The highest BCUT2D eigenvalue weighted by Crippen LogP contribution is 2.22. The van der Waals surface area contributed by atoms with Gasteiger partial charge in [-0.15, -0.1) is 0 Å². The van der Waals surface area contributed by atoms with Gasteiger partial charge in [0.2, 0.25) is 0 Å². The van der Waals surface area contributed by atoms with E-state index in [4.69, 9.17) is 19.9 Å². The monoisotopic (exact) mass is 482 g/mol. The largest absolute Gasteiger partial charge is 0.492 e. The number of esters is 1. The Hall–Kier alpha value is -2.41. The van der Waals surface area contributed by atoms with Crippen LogP contribution in [0.4, 0.5) is 0 Å². The Balaban J connectivity index is 1.59. The summed E-state index contributed by atoms with van der Waals surface area (Å²) in [4.78, 5) is 14.6. The number of nitrogens with two attached hydrogens (primary N) is 1. The summed E-state index contributed by atoms with van der Waals surface area (Å²) >= 11 is 0. The van der Waals surface area contributed by atoms with Gasteiger partial charge < -0.3 is 19.9 Å². The number of nitrogens with zero attached hydrogens (tertiary/aromatic N) is 1. The first-order valence-electron chi connectivity index (χ1n) is 12.9. The van der Waals surface area contributed by atoms with Crippen molar-refractivity contribution in [3.63, 3.8) is 0 Å². The number of benzene rings is 2. The molecule has 2 aromatic rings. The van der Waals surface area contributed by atoms with Crippen molar-refractivity contribution in [3.8, 4) is 5.75 Å². The van der Waals surface area contributed by atoms with Gasteiger partial charge in [0.25, 0.3) is 0 Å². The molecule has 6 heteroatoms. The summed E-state index contributed by atoms with van der Waals surface area (Å²) in [5.74, 6) is 0.801. The molecule has 0 amide bonds. The maximum atomic E-state index is 12.2. The van der Waals surface area contributed by atoms with Crippen molar-refractivity contribution < 1.29 is 19.0 Å². The number of para-hydroxylation sites is 1. The summed E-state index contributed by atoms with van der Waals surface area (Å²) in [6, 6.07) is 14.9.